The van der Waals surface area contributed by atoms with E-state index in [1.807, 2.05) is 36.4 Å². The number of sulfonamides is 1. The normalized spacial score (nSPS) is 15.1. The standard InChI is InChI=1S/C23H25N5O3S/c29-23(25-19-8-3-1-4-9-19)26-20-12-13-22(24-18-20)27-14-7-15-28(17-16-27)32(30,31)21-10-5-2-6-11-21/h1-6,8-13,18H,7,14-17H2,(H2,25,26,29). The van der Waals surface area contributed by atoms with Crippen molar-refractivity contribution in [2.75, 3.05) is 41.7 Å². The largest absolute Gasteiger partial charge is 0.355 e. The van der Waals surface area contributed by atoms with Crippen LogP contribution in [0.25, 0.3) is 0 Å². The molecule has 8 nitrogen and oxygen atoms in total. The van der Waals surface area contributed by atoms with Crippen molar-refractivity contribution >= 4 is 33.2 Å². The average molecular weight is 452 g/mol. The lowest BCUT2D eigenvalue weighted by Gasteiger charge is -2.23. The monoisotopic (exact) mass is 451 g/mol. The molecule has 9 heteroatoms. The summed E-state index contributed by atoms with van der Waals surface area (Å²) in [5.41, 5.74) is 1.28. The van der Waals surface area contributed by atoms with Gasteiger partial charge in [0.05, 0.1) is 16.8 Å². The number of pyridine rings is 1. The molecule has 2 heterocycles. The molecule has 0 radical (unpaired) electrons. The Morgan fingerprint density at radius 3 is 2.16 bits per heavy atom. The van der Waals surface area contributed by atoms with E-state index in [-0.39, 0.29) is 6.03 Å². The molecule has 2 N–H and O–H groups in total. The minimum absolute atomic E-state index is 0.316. The Morgan fingerprint density at radius 2 is 1.47 bits per heavy atom. The Kier molecular flexibility index (Phi) is 6.67. The number of nitrogens with zero attached hydrogens (tertiary/aromatic N) is 3. The molecular formula is C23H25N5O3S. The lowest BCUT2D eigenvalue weighted by atomic mass is 10.3. The molecule has 0 bridgehead atoms. The summed E-state index contributed by atoms with van der Waals surface area (Å²) in [5.74, 6) is 0.748. The van der Waals surface area contributed by atoms with Crippen LogP contribution in [0.3, 0.4) is 0 Å². The SMILES string of the molecule is O=C(Nc1ccccc1)Nc1ccc(N2CCCN(S(=O)(=O)c3ccccc3)CC2)nc1. The quantitative estimate of drug-likeness (QED) is 0.618. The van der Waals surface area contributed by atoms with Crippen molar-refractivity contribution in [3.05, 3.63) is 79.0 Å². The Hall–Kier alpha value is -3.43. The van der Waals surface area contributed by atoms with Gasteiger partial charge in [-0.25, -0.2) is 18.2 Å². The average Bonchev–Trinajstić information content (AvgIpc) is 3.08. The second-order valence-corrected chi connectivity index (χ2v) is 9.35. The first-order valence-electron chi connectivity index (χ1n) is 10.4. The summed E-state index contributed by atoms with van der Waals surface area (Å²) in [7, 11) is -3.51. The third-order valence-corrected chi connectivity index (χ3v) is 7.11. The van der Waals surface area contributed by atoms with Crippen LogP contribution in [-0.4, -0.2) is 49.9 Å². The number of carbonyl (C=O) groups is 1. The van der Waals surface area contributed by atoms with Crippen LogP contribution in [0.5, 0.6) is 0 Å². The molecule has 4 rings (SSSR count). The number of hydrogen-bond acceptors (Lipinski definition) is 5. The van der Waals surface area contributed by atoms with Crippen molar-refractivity contribution in [2.45, 2.75) is 11.3 Å². The van der Waals surface area contributed by atoms with Crippen LogP contribution >= 0.6 is 0 Å². The molecule has 166 valence electrons. The maximum absolute atomic E-state index is 12.9. The van der Waals surface area contributed by atoms with Crippen molar-refractivity contribution in [2.24, 2.45) is 0 Å². The van der Waals surface area contributed by atoms with Crippen LogP contribution in [0.15, 0.2) is 83.9 Å². The highest BCUT2D eigenvalue weighted by Crippen LogP contribution is 2.20. The number of urea groups is 1. The number of para-hydroxylation sites is 1. The summed E-state index contributed by atoms with van der Waals surface area (Å²) >= 11 is 0. The number of hydrogen-bond donors (Lipinski definition) is 2. The Balaban J connectivity index is 1.36. The highest BCUT2D eigenvalue weighted by atomic mass is 32.2. The molecule has 32 heavy (non-hydrogen) atoms. The summed E-state index contributed by atoms with van der Waals surface area (Å²) < 4.78 is 27.3. The topological polar surface area (TPSA) is 94.6 Å². The van der Waals surface area contributed by atoms with Gasteiger partial charge in [-0.05, 0) is 42.8 Å². The number of anilines is 3. The van der Waals surface area contributed by atoms with Crippen LogP contribution in [0.1, 0.15) is 6.42 Å². The molecule has 1 saturated heterocycles. The van der Waals surface area contributed by atoms with Gasteiger partial charge in [-0.2, -0.15) is 4.31 Å². The van der Waals surface area contributed by atoms with Gasteiger partial charge in [0.15, 0.2) is 0 Å². The molecule has 0 saturated carbocycles. The molecule has 1 aliphatic heterocycles. The van der Waals surface area contributed by atoms with Gasteiger partial charge in [0.25, 0.3) is 0 Å². The third kappa shape index (κ3) is 5.24. The zero-order valence-corrected chi connectivity index (χ0v) is 18.3. The number of carbonyl (C=O) groups excluding carboxylic acids is 1. The fraction of sp³-hybridized carbons (Fsp3) is 0.217. The first-order valence-corrected chi connectivity index (χ1v) is 11.9. The highest BCUT2D eigenvalue weighted by molar-refractivity contribution is 7.89. The summed E-state index contributed by atoms with van der Waals surface area (Å²) in [5, 5.41) is 5.52. The summed E-state index contributed by atoms with van der Waals surface area (Å²) in [6.45, 7) is 2.10. The predicted octanol–water partition coefficient (Wildman–Crippen LogP) is 3.63. The molecule has 0 aliphatic carbocycles. The van der Waals surface area contributed by atoms with Gasteiger partial charge in [0.1, 0.15) is 5.82 Å². The lowest BCUT2D eigenvalue weighted by molar-refractivity contribution is 0.262. The van der Waals surface area contributed by atoms with Crippen molar-refractivity contribution in [1.82, 2.24) is 9.29 Å². The zero-order valence-electron chi connectivity index (χ0n) is 17.5. The predicted molar refractivity (Wildman–Crippen MR) is 125 cm³/mol. The first-order chi connectivity index (χ1) is 15.5. The Morgan fingerprint density at radius 1 is 0.781 bits per heavy atom. The van der Waals surface area contributed by atoms with Crippen molar-refractivity contribution in [3.8, 4) is 0 Å². The molecule has 1 fully saturated rings. The van der Waals surface area contributed by atoms with Crippen LogP contribution in [0.4, 0.5) is 22.0 Å². The van der Waals surface area contributed by atoms with E-state index in [2.05, 4.69) is 20.5 Å². The van der Waals surface area contributed by atoms with E-state index in [1.54, 1.807) is 42.6 Å². The molecular weight excluding hydrogens is 426 g/mol. The van der Waals surface area contributed by atoms with Crippen molar-refractivity contribution in [3.63, 3.8) is 0 Å². The van der Waals surface area contributed by atoms with E-state index in [0.29, 0.717) is 48.9 Å². The smallest absolute Gasteiger partial charge is 0.323 e. The summed E-state index contributed by atoms with van der Waals surface area (Å²) in [4.78, 5) is 19.0. The molecule has 2 amide bonds. The fourth-order valence-corrected chi connectivity index (χ4v) is 5.06. The minimum atomic E-state index is -3.51. The highest BCUT2D eigenvalue weighted by Gasteiger charge is 2.27. The maximum atomic E-state index is 12.9. The molecule has 1 aliphatic rings. The van der Waals surface area contributed by atoms with Crippen LogP contribution < -0.4 is 15.5 Å². The second kappa shape index (κ2) is 9.80. The van der Waals surface area contributed by atoms with E-state index in [1.165, 1.54) is 4.31 Å². The van der Waals surface area contributed by atoms with E-state index < -0.39 is 10.0 Å². The van der Waals surface area contributed by atoms with Gasteiger partial charge in [-0.1, -0.05) is 36.4 Å². The van der Waals surface area contributed by atoms with Gasteiger partial charge in [-0.15, -0.1) is 0 Å². The van der Waals surface area contributed by atoms with Gasteiger partial charge < -0.3 is 15.5 Å². The molecule has 2 aromatic carbocycles. The number of nitrogens with one attached hydrogen (secondary N) is 2. The molecule has 0 spiro atoms. The molecule has 0 unspecified atom stereocenters. The third-order valence-electron chi connectivity index (χ3n) is 5.20. The minimum Gasteiger partial charge on any atom is -0.355 e. The van der Waals surface area contributed by atoms with Gasteiger partial charge in [-0.3, -0.25) is 0 Å². The van der Waals surface area contributed by atoms with Crippen molar-refractivity contribution < 1.29 is 13.2 Å². The number of benzene rings is 2. The zero-order chi connectivity index (χ0) is 22.4. The van der Waals surface area contributed by atoms with E-state index in [0.717, 1.165) is 5.82 Å². The van der Waals surface area contributed by atoms with Gasteiger partial charge in [0.2, 0.25) is 10.0 Å². The van der Waals surface area contributed by atoms with Gasteiger partial charge >= 0.3 is 6.03 Å². The van der Waals surface area contributed by atoms with Crippen LogP contribution in [0, 0.1) is 0 Å². The van der Waals surface area contributed by atoms with Crippen LogP contribution in [-0.2, 0) is 10.0 Å². The second-order valence-electron chi connectivity index (χ2n) is 7.41. The molecule has 0 atom stereocenters. The molecule has 1 aromatic heterocycles. The van der Waals surface area contributed by atoms with Crippen molar-refractivity contribution in [1.29, 1.82) is 0 Å². The fourth-order valence-electron chi connectivity index (χ4n) is 3.57. The molecule has 3 aromatic rings. The van der Waals surface area contributed by atoms with E-state index in [9.17, 15) is 13.2 Å². The number of amides is 2. The summed E-state index contributed by atoms with van der Waals surface area (Å²) in [6.07, 6.45) is 2.30. The number of aromatic nitrogens is 1. The van der Waals surface area contributed by atoms with Gasteiger partial charge in [0, 0.05) is 31.9 Å². The Bertz CT molecular complexity index is 1140. The Labute approximate surface area is 187 Å². The van der Waals surface area contributed by atoms with E-state index >= 15 is 0 Å². The number of rotatable bonds is 5. The maximum Gasteiger partial charge on any atom is 0.323 e. The summed E-state index contributed by atoms with van der Waals surface area (Å²) in [6, 6.07) is 21.0. The van der Waals surface area contributed by atoms with Crippen LogP contribution in [0.2, 0.25) is 0 Å². The lowest BCUT2D eigenvalue weighted by Crippen LogP contribution is -2.35. The first kappa shape index (κ1) is 21.8. The van der Waals surface area contributed by atoms with E-state index in [4.69, 9.17) is 0 Å².